The normalized spacial score (nSPS) is 12.2. The summed E-state index contributed by atoms with van der Waals surface area (Å²) in [5.41, 5.74) is 0.664. The van der Waals surface area contributed by atoms with Crippen molar-refractivity contribution < 1.29 is 9.72 Å². The first-order chi connectivity index (χ1) is 9.81. The Kier molecular flexibility index (Phi) is 6.58. The molecule has 1 aromatic rings. The third-order valence-electron chi connectivity index (χ3n) is 2.92. The van der Waals surface area contributed by atoms with Gasteiger partial charge in [0.2, 0.25) is 5.91 Å². The largest absolute Gasteiger partial charge is 0.354 e. The van der Waals surface area contributed by atoms with E-state index in [1.807, 2.05) is 13.8 Å². The monoisotopic (exact) mass is 313 g/mol. The highest BCUT2D eigenvalue weighted by Crippen LogP contribution is 2.22. The Morgan fingerprint density at radius 1 is 1.38 bits per heavy atom. The Hall–Kier alpha value is -1.66. The maximum atomic E-state index is 11.8. The molecule has 0 radical (unpaired) electrons. The van der Waals surface area contributed by atoms with Crippen molar-refractivity contribution in [2.75, 3.05) is 6.54 Å². The lowest BCUT2D eigenvalue weighted by atomic mass is 10.2. The highest BCUT2D eigenvalue weighted by atomic mass is 35.5. The van der Waals surface area contributed by atoms with Crippen LogP contribution in [0.5, 0.6) is 0 Å². The van der Waals surface area contributed by atoms with Crippen molar-refractivity contribution in [3.8, 4) is 0 Å². The molecule has 0 aliphatic heterocycles. The van der Waals surface area contributed by atoms with Crippen molar-refractivity contribution in [3.63, 3.8) is 0 Å². The van der Waals surface area contributed by atoms with Crippen LogP contribution in [-0.4, -0.2) is 23.4 Å². The lowest BCUT2D eigenvalue weighted by Crippen LogP contribution is -2.43. The van der Waals surface area contributed by atoms with Crippen molar-refractivity contribution in [2.45, 2.75) is 33.4 Å². The summed E-state index contributed by atoms with van der Waals surface area (Å²) in [6, 6.07) is 3.93. The smallest absolute Gasteiger partial charge is 0.270 e. The molecule has 0 spiro atoms. The van der Waals surface area contributed by atoms with Gasteiger partial charge < -0.3 is 10.6 Å². The van der Waals surface area contributed by atoms with Gasteiger partial charge in [0, 0.05) is 25.2 Å². The van der Waals surface area contributed by atoms with Gasteiger partial charge in [0.05, 0.1) is 16.0 Å². The molecule has 0 saturated carbocycles. The van der Waals surface area contributed by atoms with Crippen LogP contribution < -0.4 is 10.6 Å². The average molecular weight is 314 g/mol. The highest BCUT2D eigenvalue weighted by Gasteiger charge is 2.14. The second-order valence-electron chi connectivity index (χ2n) is 5.27. The van der Waals surface area contributed by atoms with Crippen molar-refractivity contribution in [2.24, 2.45) is 5.92 Å². The Labute approximate surface area is 129 Å². The van der Waals surface area contributed by atoms with E-state index in [2.05, 4.69) is 10.6 Å². The van der Waals surface area contributed by atoms with Gasteiger partial charge in [-0.25, -0.2) is 0 Å². The van der Waals surface area contributed by atoms with E-state index in [0.29, 0.717) is 29.6 Å². The SMILES string of the molecule is CC(C)CNC(=O)C(C)NCc1ccc([N+](=O)[O-])cc1Cl. The Morgan fingerprint density at radius 3 is 2.57 bits per heavy atom. The fourth-order valence-electron chi connectivity index (χ4n) is 1.61. The van der Waals surface area contributed by atoms with Gasteiger partial charge in [0.1, 0.15) is 0 Å². The summed E-state index contributed by atoms with van der Waals surface area (Å²) in [5.74, 6) is 0.312. The van der Waals surface area contributed by atoms with Gasteiger partial charge in [0.15, 0.2) is 0 Å². The van der Waals surface area contributed by atoms with Crippen LogP contribution in [0.2, 0.25) is 5.02 Å². The molecule has 1 rings (SSSR count). The van der Waals surface area contributed by atoms with E-state index in [1.54, 1.807) is 13.0 Å². The number of nitro benzene ring substituents is 1. The zero-order chi connectivity index (χ0) is 16.0. The number of non-ortho nitro benzene ring substituents is 1. The molecule has 21 heavy (non-hydrogen) atoms. The Morgan fingerprint density at radius 2 is 2.05 bits per heavy atom. The van der Waals surface area contributed by atoms with E-state index < -0.39 is 4.92 Å². The minimum Gasteiger partial charge on any atom is -0.354 e. The third kappa shape index (κ3) is 5.69. The van der Waals surface area contributed by atoms with Crippen LogP contribution in [0.15, 0.2) is 18.2 Å². The number of benzene rings is 1. The predicted molar refractivity (Wildman–Crippen MR) is 82.3 cm³/mol. The van der Waals surface area contributed by atoms with Crippen LogP contribution in [0, 0.1) is 16.0 Å². The van der Waals surface area contributed by atoms with Crippen LogP contribution >= 0.6 is 11.6 Å². The number of carbonyl (C=O) groups excluding carboxylic acids is 1. The summed E-state index contributed by atoms with van der Waals surface area (Å²) in [7, 11) is 0. The van der Waals surface area contributed by atoms with Gasteiger partial charge in [-0.2, -0.15) is 0 Å². The maximum Gasteiger partial charge on any atom is 0.270 e. The van der Waals surface area contributed by atoms with Gasteiger partial charge in [0.25, 0.3) is 5.69 Å². The quantitative estimate of drug-likeness (QED) is 0.598. The maximum absolute atomic E-state index is 11.8. The molecular formula is C14H20ClN3O3. The summed E-state index contributed by atoms with van der Waals surface area (Å²) in [5, 5.41) is 16.8. The summed E-state index contributed by atoms with van der Waals surface area (Å²) in [6.45, 7) is 6.80. The molecule has 7 heteroatoms. The van der Waals surface area contributed by atoms with Crippen molar-refractivity contribution >= 4 is 23.2 Å². The predicted octanol–water partition coefficient (Wildman–Crippen LogP) is 2.50. The fraction of sp³-hybridized carbons (Fsp3) is 0.500. The molecule has 1 unspecified atom stereocenters. The number of hydrogen-bond donors (Lipinski definition) is 2. The third-order valence-corrected chi connectivity index (χ3v) is 3.28. The van der Waals surface area contributed by atoms with Gasteiger partial charge in [-0.3, -0.25) is 14.9 Å². The summed E-state index contributed by atoms with van der Waals surface area (Å²) in [4.78, 5) is 21.9. The fourth-order valence-corrected chi connectivity index (χ4v) is 1.85. The molecule has 1 aromatic carbocycles. The minimum absolute atomic E-state index is 0.0496. The van der Waals surface area contributed by atoms with Crippen LogP contribution in [0.4, 0.5) is 5.69 Å². The molecule has 0 bridgehead atoms. The number of amides is 1. The number of rotatable bonds is 7. The molecule has 0 saturated heterocycles. The van der Waals surface area contributed by atoms with Gasteiger partial charge in [-0.05, 0) is 24.5 Å². The Bertz CT molecular complexity index is 520. The lowest BCUT2D eigenvalue weighted by Gasteiger charge is -2.15. The topological polar surface area (TPSA) is 84.3 Å². The minimum atomic E-state index is -0.495. The van der Waals surface area contributed by atoms with E-state index >= 15 is 0 Å². The molecule has 1 atom stereocenters. The first kappa shape index (κ1) is 17.4. The van der Waals surface area contributed by atoms with Crippen molar-refractivity contribution in [1.29, 1.82) is 0 Å². The first-order valence-electron chi connectivity index (χ1n) is 6.75. The molecule has 0 aromatic heterocycles. The van der Waals surface area contributed by atoms with Gasteiger partial charge in [-0.1, -0.05) is 25.4 Å². The number of carbonyl (C=O) groups is 1. The summed E-state index contributed by atoms with van der Waals surface area (Å²) >= 11 is 5.99. The van der Waals surface area contributed by atoms with Crippen LogP contribution in [-0.2, 0) is 11.3 Å². The molecule has 1 amide bonds. The molecule has 6 nitrogen and oxygen atoms in total. The van der Waals surface area contributed by atoms with E-state index in [4.69, 9.17) is 11.6 Å². The van der Waals surface area contributed by atoms with Crippen LogP contribution in [0.25, 0.3) is 0 Å². The molecule has 0 aliphatic carbocycles. The zero-order valence-electron chi connectivity index (χ0n) is 12.4. The van der Waals surface area contributed by atoms with Gasteiger partial charge >= 0.3 is 0 Å². The second-order valence-corrected chi connectivity index (χ2v) is 5.68. The number of nitrogens with one attached hydrogen (secondary N) is 2. The molecular weight excluding hydrogens is 294 g/mol. The van der Waals surface area contributed by atoms with Crippen molar-refractivity contribution in [1.82, 2.24) is 10.6 Å². The number of halogens is 1. The number of nitro groups is 1. The highest BCUT2D eigenvalue weighted by molar-refractivity contribution is 6.31. The molecule has 116 valence electrons. The lowest BCUT2D eigenvalue weighted by molar-refractivity contribution is -0.384. The summed E-state index contributed by atoms with van der Waals surface area (Å²) < 4.78 is 0. The van der Waals surface area contributed by atoms with E-state index in [1.165, 1.54) is 12.1 Å². The summed E-state index contributed by atoms with van der Waals surface area (Å²) in [6.07, 6.45) is 0. The number of hydrogen-bond acceptors (Lipinski definition) is 4. The van der Waals surface area contributed by atoms with E-state index in [0.717, 1.165) is 0 Å². The number of nitrogens with zero attached hydrogens (tertiary/aromatic N) is 1. The van der Waals surface area contributed by atoms with Crippen LogP contribution in [0.1, 0.15) is 26.3 Å². The van der Waals surface area contributed by atoms with Gasteiger partial charge in [-0.15, -0.1) is 0 Å². The second kappa shape index (κ2) is 7.95. The van der Waals surface area contributed by atoms with Crippen LogP contribution in [0.3, 0.4) is 0 Å². The standard InChI is InChI=1S/C14H20ClN3O3/c1-9(2)7-17-14(19)10(3)16-8-11-4-5-12(18(20)21)6-13(11)15/h4-6,9-10,16H,7-8H2,1-3H3,(H,17,19). The molecule has 0 heterocycles. The first-order valence-corrected chi connectivity index (χ1v) is 7.13. The van der Waals surface area contributed by atoms with Crippen molar-refractivity contribution in [3.05, 3.63) is 38.9 Å². The van der Waals surface area contributed by atoms with E-state index in [-0.39, 0.29) is 17.6 Å². The van der Waals surface area contributed by atoms with E-state index in [9.17, 15) is 14.9 Å². The zero-order valence-corrected chi connectivity index (χ0v) is 13.1. The molecule has 2 N–H and O–H groups in total. The Balaban J connectivity index is 2.55. The molecule has 0 fully saturated rings. The molecule has 0 aliphatic rings. The average Bonchev–Trinajstić information content (AvgIpc) is 2.42.